The zero-order valence-electron chi connectivity index (χ0n) is 10.1. The summed E-state index contributed by atoms with van der Waals surface area (Å²) in [5, 5.41) is 7.23. The van der Waals surface area contributed by atoms with Gasteiger partial charge < -0.3 is 14.6 Å². The quantitative estimate of drug-likeness (QED) is 0.855. The number of nitrogens with one attached hydrogen (secondary N) is 1. The van der Waals surface area contributed by atoms with Crippen LogP contribution in [0.1, 0.15) is 17.5 Å². The minimum absolute atomic E-state index is 0.0233. The van der Waals surface area contributed by atoms with Crippen LogP contribution < -0.4 is 5.32 Å². The SMILES string of the molecule is Cc1ccnc(-c2noc(C3COCCN3)n2)c1. The van der Waals surface area contributed by atoms with E-state index in [1.807, 2.05) is 19.1 Å². The molecule has 0 radical (unpaired) electrons. The van der Waals surface area contributed by atoms with Gasteiger partial charge in [0.1, 0.15) is 11.7 Å². The lowest BCUT2D eigenvalue weighted by Gasteiger charge is -2.20. The molecule has 6 nitrogen and oxygen atoms in total. The van der Waals surface area contributed by atoms with E-state index in [2.05, 4.69) is 20.4 Å². The highest BCUT2D eigenvalue weighted by Gasteiger charge is 2.22. The van der Waals surface area contributed by atoms with Gasteiger partial charge >= 0.3 is 0 Å². The van der Waals surface area contributed by atoms with Gasteiger partial charge in [0, 0.05) is 12.7 Å². The number of hydrogen-bond acceptors (Lipinski definition) is 6. The topological polar surface area (TPSA) is 73.1 Å². The molecule has 6 heteroatoms. The maximum absolute atomic E-state index is 5.36. The Balaban J connectivity index is 1.84. The van der Waals surface area contributed by atoms with Crippen LogP contribution in [0.3, 0.4) is 0 Å². The molecular formula is C12H14N4O2. The molecule has 2 aromatic rings. The summed E-state index contributed by atoms with van der Waals surface area (Å²) in [5.41, 5.74) is 1.84. The molecule has 1 unspecified atom stereocenters. The molecule has 0 bridgehead atoms. The molecule has 2 aromatic heterocycles. The Morgan fingerprint density at radius 3 is 3.17 bits per heavy atom. The number of hydrogen-bond donors (Lipinski definition) is 1. The summed E-state index contributed by atoms with van der Waals surface area (Å²) in [5.74, 6) is 1.06. The van der Waals surface area contributed by atoms with Gasteiger partial charge in [0.15, 0.2) is 0 Å². The largest absolute Gasteiger partial charge is 0.378 e. The molecular weight excluding hydrogens is 232 g/mol. The number of rotatable bonds is 2. The maximum Gasteiger partial charge on any atom is 0.246 e. The van der Waals surface area contributed by atoms with E-state index in [0.29, 0.717) is 18.3 Å². The van der Waals surface area contributed by atoms with Gasteiger partial charge in [0.05, 0.1) is 13.2 Å². The van der Waals surface area contributed by atoms with Crippen LogP contribution in [0.15, 0.2) is 22.9 Å². The second-order valence-corrected chi connectivity index (χ2v) is 4.26. The van der Waals surface area contributed by atoms with Gasteiger partial charge in [-0.3, -0.25) is 4.98 Å². The van der Waals surface area contributed by atoms with Crippen molar-refractivity contribution in [2.75, 3.05) is 19.8 Å². The van der Waals surface area contributed by atoms with E-state index in [4.69, 9.17) is 9.26 Å². The van der Waals surface area contributed by atoms with Crippen LogP contribution in [0.2, 0.25) is 0 Å². The normalized spacial score (nSPS) is 19.9. The lowest BCUT2D eigenvalue weighted by molar-refractivity contribution is 0.0659. The molecule has 1 saturated heterocycles. The van der Waals surface area contributed by atoms with Gasteiger partial charge in [-0.05, 0) is 24.6 Å². The number of pyridine rings is 1. The second kappa shape index (κ2) is 4.83. The number of aryl methyl sites for hydroxylation is 1. The molecule has 94 valence electrons. The summed E-state index contributed by atoms with van der Waals surface area (Å²) in [6.07, 6.45) is 1.74. The van der Waals surface area contributed by atoms with Crippen molar-refractivity contribution in [1.29, 1.82) is 0 Å². The first-order valence-electron chi connectivity index (χ1n) is 5.91. The molecule has 1 aliphatic heterocycles. The van der Waals surface area contributed by atoms with E-state index in [-0.39, 0.29) is 6.04 Å². The maximum atomic E-state index is 5.36. The van der Waals surface area contributed by atoms with Crippen molar-refractivity contribution in [3.63, 3.8) is 0 Å². The molecule has 0 amide bonds. The predicted molar refractivity (Wildman–Crippen MR) is 63.8 cm³/mol. The molecule has 3 heterocycles. The molecule has 0 saturated carbocycles. The van der Waals surface area contributed by atoms with Gasteiger partial charge in [-0.25, -0.2) is 0 Å². The zero-order chi connectivity index (χ0) is 12.4. The lowest BCUT2D eigenvalue weighted by Crippen LogP contribution is -2.34. The van der Waals surface area contributed by atoms with Crippen molar-refractivity contribution < 1.29 is 9.26 Å². The van der Waals surface area contributed by atoms with Crippen molar-refractivity contribution in [2.24, 2.45) is 0 Å². The van der Waals surface area contributed by atoms with E-state index >= 15 is 0 Å². The molecule has 1 fully saturated rings. The van der Waals surface area contributed by atoms with E-state index in [9.17, 15) is 0 Å². The van der Waals surface area contributed by atoms with Crippen LogP contribution in [0, 0.1) is 6.92 Å². The van der Waals surface area contributed by atoms with Crippen LogP contribution in [0.25, 0.3) is 11.5 Å². The van der Waals surface area contributed by atoms with E-state index in [0.717, 1.165) is 24.4 Å². The van der Waals surface area contributed by atoms with Crippen LogP contribution in [0.5, 0.6) is 0 Å². The van der Waals surface area contributed by atoms with E-state index in [1.165, 1.54) is 0 Å². The third kappa shape index (κ3) is 2.25. The summed E-state index contributed by atoms with van der Waals surface area (Å²) in [4.78, 5) is 8.59. The average Bonchev–Trinajstić information content (AvgIpc) is 2.89. The minimum atomic E-state index is -0.0233. The van der Waals surface area contributed by atoms with E-state index < -0.39 is 0 Å². The third-order valence-electron chi connectivity index (χ3n) is 2.81. The third-order valence-corrected chi connectivity index (χ3v) is 2.81. The fourth-order valence-electron chi connectivity index (χ4n) is 1.86. The van der Waals surface area contributed by atoms with Gasteiger partial charge in [-0.15, -0.1) is 0 Å². The lowest BCUT2D eigenvalue weighted by atomic mass is 10.2. The molecule has 1 atom stereocenters. The highest BCUT2D eigenvalue weighted by atomic mass is 16.5. The number of nitrogens with zero attached hydrogens (tertiary/aromatic N) is 3. The Morgan fingerprint density at radius 2 is 2.39 bits per heavy atom. The van der Waals surface area contributed by atoms with Gasteiger partial charge in [-0.2, -0.15) is 4.98 Å². The highest BCUT2D eigenvalue weighted by Crippen LogP contribution is 2.18. The second-order valence-electron chi connectivity index (χ2n) is 4.26. The molecule has 0 aliphatic carbocycles. The average molecular weight is 246 g/mol. The van der Waals surface area contributed by atoms with Crippen LogP contribution in [-0.2, 0) is 4.74 Å². The Morgan fingerprint density at radius 1 is 1.44 bits per heavy atom. The molecule has 1 N–H and O–H groups in total. The van der Waals surface area contributed by atoms with Crippen molar-refractivity contribution in [1.82, 2.24) is 20.4 Å². The summed E-state index contributed by atoms with van der Waals surface area (Å²) in [6.45, 7) is 4.08. The summed E-state index contributed by atoms with van der Waals surface area (Å²) in [7, 11) is 0. The smallest absolute Gasteiger partial charge is 0.246 e. The van der Waals surface area contributed by atoms with Crippen molar-refractivity contribution >= 4 is 0 Å². The fourth-order valence-corrected chi connectivity index (χ4v) is 1.86. The van der Waals surface area contributed by atoms with Gasteiger partial charge in [0.25, 0.3) is 0 Å². The summed E-state index contributed by atoms with van der Waals surface area (Å²) < 4.78 is 10.6. The van der Waals surface area contributed by atoms with Gasteiger partial charge in [-0.1, -0.05) is 5.16 Å². The zero-order valence-corrected chi connectivity index (χ0v) is 10.1. The number of aromatic nitrogens is 3. The first-order chi connectivity index (χ1) is 8.83. The first-order valence-corrected chi connectivity index (χ1v) is 5.91. The Kier molecular flexibility index (Phi) is 3.04. The summed E-state index contributed by atoms with van der Waals surface area (Å²) in [6, 6.07) is 3.84. The Hall–Kier alpha value is -1.79. The Labute approximate surface area is 104 Å². The van der Waals surface area contributed by atoms with Gasteiger partial charge in [0.2, 0.25) is 11.7 Å². The number of ether oxygens (including phenoxy) is 1. The first kappa shape index (κ1) is 11.3. The number of morpholine rings is 1. The van der Waals surface area contributed by atoms with Crippen LogP contribution >= 0.6 is 0 Å². The standard InChI is InChI=1S/C12H14N4O2/c1-8-2-3-13-9(6-8)11-15-12(18-16-11)10-7-17-5-4-14-10/h2-3,6,10,14H,4-5,7H2,1H3. The van der Waals surface area contributed by atoms with Crippen molar-refractivity contribution in [3.8, 4) is 11.5 Å². The predicted octanol–water partition coefficient (Wildman–Crippen LogP) is 1.10. The minimum Gasteiger partial charge on any atom is -0.378 e. The molecule has 0 spiro atoms. The molecule has 1 aliphatic rings. The van der Waals surface area contributed by atoms with Crippen LogP contribution in [-0.4, -0.2) is 34.9 Å². The van der Waals surface area contributed by atoms with Crippen LogP contribution in [0.4, 0.5) is 0 Å². The van der Waals surface area contributed by atoms with Crippen molar-refractivity contribution in [3.05, 3.63) is 29.8 Å². The van der Waals surface area contributed by atoms with E-state index in [1.54, 1.807) is 6.20 Å². The summed E-state index contributed by atoms with van der Waals surface area (Å²) >= 11 is 0. The monoisotopic (exact) mass is 246 g/mol. The molecule has 3 rings (SSSR count). The molecule has 0 aromatic carbocycles. The fraction of sp³-hybridized carbons (Fsp3) is 0.417. The highest BCUT2D eigenvalue weighted by molar-refractivity contribution is 5.48. The molecule has 18 heavy (non-hydrogen) atoms. The Bertz CT molecular complexity index is 534. The van der Waals surface area contributed by atoms with Crippen molar-refractivity contribution in [2.45, 2.75) is 13.0 Å².